The average Bonchev–Trinajstić information content (AvgIpc) is 3.19. The van der Waals surface area contributed by atoms with Crippen molar-refractivity contribution in [3.8, 4) is 16.9 Å². The standard InChI is InChI=1S/C27H26ClFN2O2/c1-3-11-33-26-10-7-19(18-5-4-6-21(28)13-18)14-24(26)27(32)31-17(2)12-20-16-30-25-9-8-22(29)15-23(20)25/h4-10,13-17,30H,3,11-12H2,1-2H3,(H,31,32). The molecule has 0 saturated carbocycles. The molecule has 4 rings (SSSR count). The van der Waals surface area contributed by atoms with Crippen LogP contribution in [0.25, 0.3) is 22.0 Å². The predicted molar refractivity (Wildman–Crippen MR) is 132 cm³/mol. The second kappa shape index (κ2) is 10.1. The van der Waals surface area contributed by atoms with Crippen LogP contribution in [0.15, 0.2) is 66.9 Å². The van der Waals surface area contributed by atoms with E-state index in [0.29, 0.717) is 29.4 Å². The molecule has 170 valence electrons. The minimum atomic E-state index is -0.282. The summed E-state index contributed by atoms with van der Waals surface area (Å²) >= 11 is 6.15. The Hall–Kier alpha value is -3.31. The highest BCUT2D eigenvalue weighted by atomic mass is 35.5. The molecule has 1 aromatic heterocycles. The van der Waals surface area contributed by atoms with Crippen LogP contribution >= 0.6 is 11.6 Å². The first-order chi connectivity index (χ1) is 15.9. The predicted octanol–water partition coefficient (Wildman–Crippen LogP) is 6.78. The van der Waals surface area contributed by atoms with Crippen LogP contribution in [-0.4, -0.2) is 23.5 Å². The lowest BCUT2D eigenvalue weighted by Crippen LogP contribution is -2.34. The van der Waals surface area contributed by atoms with E-state index in [2.05, 4.69) is 10.3 Å². The van der Waals surface area contributed by atoms with E-state index in [9.17, 15) is 9.18 Å². The number of halogens is 2. The molecular formula is C27H26ClFN2O2. The van der Waals surface area contributed by atoms with Crippen molar-refractivity contribution >= 4 is 28.4 Å². The maximum atomic E-state index is 13.7. The number of carbonyl (C=O) groups is 1. The van der Waals surface area contributed by atoms with Gasteiger partial charge in [-0.15, -0.1) is 0 Å². The highest BCUT2D eigenvalue weighted by Gasteiger charge is 2.18. The summed E-state index contributed by atoms with van der Waals surface area (Å²) < 4.78 is 19.6. The molecule has 6 heteroatoms. The lowest BCUT2D eigenvalue weighted by Gasteiger charge is -2.17. The van der Waals surface area contributed by atoms with Crippen LogP contribution in [0.5, 0.6) is 5.75 Å². The fourth-order valence-electron chi connectivity index (χ4n) is 3.89. The minimum absolute atomic E-state index is 0.173. The molecule has 4 nitrogen and oxygen atoms in total. The van der Waals surface area contributed by atoms with Gasteiger partial charge < -0.3 is 15.0 Å². The zero-order valence-corrected chi connectivity index (χ0v) is 19.4. The molecule has 1 unspecified atom stereocenters. The van der Waals surface area contributed by atoms with E-state index in [4.69, 9.17) is 16.3 Å². The van der Waals surface area contributed by atoms with Gasteiger partial charge in [-0.1, -0.05) is 36.7 Å². The third-order valence-corrected chi connectivity index (χ3v) is 5.71. The Balaban J connectivity index is 1.57. The van der Waals surface area contributed by atoms with Crippen molar-refractivity contribution in [1.82, 2.24) is 10.3 Å². The van der Waals surface area contributed by atoms with E-state index >= 15 is 0 Å². The van der Waals surface area contributed by atoms with Crippen molar-refractivity contribution in [2.75, 3.05) is 6.61 Å². The van der Waals surface area contributed by atoms with Gasteiger partial charge in [0.25, 0.3) is 5.91 Å². The summed E-state index contributed by atoms with van der Waals surface area (Å²) in [7, 11) is 0. The first-order valence-corrected chi connectivity index (χ1v) is 11.4. The quantitative estimate of drug-likeness (QED) is 0.302. The van der Waals surface area contributed by atoms with Gasteiger partial charge in [0, 0.05) is 28.2 Å². The van der Waals surface area contributed by atoms with Gasteiger partial charge >= 0.3 is 0 Å². The van der Waals surface area contributed by atoms with Gasteiger partial charge in [-0.2, -0.15) is 0 Å². The molecule has 0 aliphatic carbocycles. The van der Waals surface area contributed by atoms with Crippen molar-refractivity contribution in [3.05, 3.63) is 88.8 Å². The number of rotatable bonds is 8. The van der Waals surface area contributed by atoms with Crippen molar-refractivity contribution in [2.45, 2.75) is 32.7 Å². The van der Waals surface area contributed by atoms with Gasteiger partial charge in [0.2, 0.25) is 0 Å². The van der Waals surface area contributed by atoms with E-state index in [-0.39, 0.29) is 17.8 Å². The number of ether oxygens (including phenoxy) is 1. The molecule has 0 aliphatic rings. The van der Waals surface area contributed by atoms with E-state index < -0.39 is 0 Å². The van der Waals surface area contributed by atoms with Crippen molar-refractivity contribution in [2.24, 2.45) is 0 Å². The SMILES string of the molecule is CCCOc1ccc(-c2cccc(Cl)c2)cc1C(=O)NC(C)Cc1c[nH]c2ccc(F)cc12. The van der Waals surface area contributed by atoms with E-state index in [0.717, 1.165) is 34.0 Å². The first-order valence-electron chi connectivity index (χ1n) is 11.0. The molecule has 1 atom stereocenters. The number of H-pyrrole nitrogens is 1. The highest BCUT2D eigenvalue weighted by molar-refractivity contribution is 6.30. The topological polar surface area (TPSA) is 54.1 Å². The van der Waals surface area contributed by atoms with Crippen LogP contribution in [0.1, 0.15) is 36.2 Å². The smallest absolute Gasteiger partial charge is 0.255 e. The largest absolute Gasteiger partial charge is 0.493 e. The third kappa shape index (κ3) is 5.37. The molecule has 0 spiro atoms. The highest BCUT2D eigenvalue weighted by Crippen LogP contribution is 2.29. The van der Waals surface area contributed by atoms with Gasteiger partial charge in [0.15, 0.2) is 0 Å². The van der Waals surface area contributed by atoms with Crippen molar-refractivity contribution in [1.29, 1.82) is 0 Å². The second-order valence-corrected chi connectivity index (χ2v) is 8.59. The molecule has 0 saturated heterocycles. The summed E-state index contributed by atoms with van der Waals surface area (Å²) in [6.07, 6.45) is 3.27. The van der Waals surface area contributed by atoms with Gasteiger partial charge in [0.1, 0.15) is 11.6 Å². The minimum Gasteiger partial charge on any atom is -0.493 e. The summed E-state index contributed by atoms with van der Waals surface area (Å²) in [6, 6.07) is 17.6. The van der Waals surface area contributed by atoms with Crippen LogP contribution in [0, 0.1) is 5.82 Å². The Kier molecular flexibility index (Phi) is 6.99. The molecule has 0 aliphatic heterocycles. The maximum Gasteiger partial charge on any atom is 0.255 e. The van der Waals surface area contributed by atoms with E-state index in [1.807, 2.05) is 62.5 Å². The van der Waals surface area contributed by atoms with Crippen molar-refractivity contribution in [3.63, 3.8) is 0 Å². The number of carbonyl (C=O) groups excluding carboxylic acids is 1. The normalized spacial score (nSPS) is 12.0. The number of hydrogen-bond acceptors (Lipinski definition) is 2. The number of benzene rings is 3. The Bertz CT molecular complexity index is 1280. The van der Waals surface area contributed by atoms with Gasteiger partial charge in [-0.05, 0) is 78.9 Å². The molecule has 1 heterocycles. The molecule has 33 heavy (non-hydrogen) atoms. The maximum absolute atomic E-state index is 13.7. The molecule has 0 bridgehead atoms. The summed E-state index contributed by atoms with van der Waals surface area (Å²) in [6.45, 7) is 4.48. The zero-order valence-electron chi connectivity index (χ0n) is 18.6. The molecule has 3 aromatic carbocycles. The summed E-state index contributed by atoms with van der Waals surface area (Å²) in [4.78, 5) is 16.4. The summed E-state index contributed by atoms with van der Waals surface area (Å²) in [5, 5.41) is 4.53. The lowest BCUT2D eigenvalue weighted by molar-refractivity contribution is 0.0936. The number of hydrogen-bond donors (Lipinski definition) is 2. The number of aromatic amines is 1. The van der Waals surface area contributed by atoms with Crippen LogP contribution < -0.4 is 10.1 Å². The summed E-state index contributed by atoms with van der Waals surface area (Å²) in [5.74, 6) is 0.0422. The molecule has 0 fully saturated rings. The van der Waals surface area contributed by atoms with Gasteiger partial charge in [0.05, 0.1) is 12.2 Å². The van der Waals surface area contributed by atoms with Crippen LogP contribution in [-0.2, 0) is 6.42 Å². The van der Waals surface area contributed by atoms with Crippen LogP contribution in [0.2, 0.25) is 5.02 Å². The lowest BCUT2D eigenvalue weighted by atomic mass is 10.0. The number of fused-ring (bicyclic) bond motifs is 1. The molecule has 1 amide bonds. The molecular weight excluding hydrogens is 439 g/mol. The number of aromatic nitrogens is 1. The van der Waals surface area contributed by atoms with Crippen LogP contribution in [0.4, 0.5) is 4.39 Å². The van der Waals surface area contributed by atoms with E-state index in [1.165, 1.54) is 12.1 Å². The third-order valence-electron chi connectivity index (χ3n) is 5.48. The summed E-state index contributed by atoms with van der Waals surface area (Å²) in [5.41, 5.74) is 4.10. The average molecular weight is 465 g/mol. The molecule has 2 N–H and O–H groups in total. The van der Waals surface area contributed by atoms with Crippen LogP contribution in [0.3, 0.4) is 0 Å². The monoisotopic (exact) mass is 464 g/mol. The number of amides is 1. The van der Waals surface area contributed by atoms with E-state index in [1.54, 1.807) is 6.07 Å². The number of nitrogens with one attached hydrogen (secondary N) is 2. The van der Waals surface area contributed by atoms with Crippen molar-refractivity contribution < 1.29 is 13.9 Å². The van der Waals surface area contributed by atoms with Gasteiger partial charge in [-0.3, -0.25) is 4.79 Å². The fraction of sp³-hybridized carbons (Fsp3) is 0.222. The first kappa shape index (κ1) is 22.9. The molecule has 4 aromatic rings. The Morgan fingerprint density at radius 3 is 2.73 bits per heavy atom. The zero-order chi connectivity index (χ0) is 23.4. The second-order valence-electron chi connectivity index (χ2n) is 8.15. The molecule has 0 radical (unpaired) electrons. The Labute approximate surface area is 197 Å². The Morgan fingerprint density at radius 2 is 1.94 bits per heavy atom. The fourth-order valence-corrected chi connectivity index (χ4v) is 4.09. The Morgan fingerprint density at radius 1 is 1.12 bits per heavy atom. The van der Waals surface area contributed by atoms with Gasteiger partial charge in [-0.25, -0.2) is 4.39 Å².